The van der Waals surface area contributed by atoms with Crippen molar-refractivity contribution in [3.63, 3.8) is 0 Å². The molecule has 17 heavy (non-hydrogen) atoms. The van der Waals surface area contributed by atoms with Crippen LogP contribution in [0.2, 0.25) is 0 Å². The van der Waals surface area contributed by atoms with Crippen molar-refractivity contribution < 1.29 is 27.8 Å². The van der Waals surface area contributed by atoms with Crippen LogP contribution < -0.4 is 0 Å². The van der Waals surface area contributed by atoms with E-state index in [2.05, 4.69) is 4.74 Å². The Hall–Kier alpha value is -1.08. The van der Waals surface area contributed by atoms with Crippen LogP contribution in [0.3, 0.4) is 0 Å². The Balaban J connectivity index is 3.25. The number of aliphatic hydroxyl groups is 1. The van der Waals surface area contributed by atoms with Crippen molar-refractivity contribution in [2.24, 2.45) is 0 Å². The topological polar surface area (TPSA) is 46.5 Å². The van der Waals surface area contributed by atoms with Crippen LogP contribution in [0, 0.1) is 6.92 Å². The van der Waals surface area contributed by atoms with Crippen molar-refractivity contribution in [2.45, 2.75) is 25.6 Å². The Bertz CT molecular complexity index is 413. The summed E-state index contributed by atoms with van der Waals surface area (Å²) in [6, 6.07) is 2.47. The number of alkyl halides is 3. The third kappa shape index (κ3) is 2.44. The summed E-state index contributed by atoms with van der Waals surface area (Å²) in [5.41, 5.74) is -3.58. The molecule has 0 unspecified atom stereocenters. The van der Waals surface area contributed by atoms with Crippen LogP contribution in [0.1, 0.15) is 16.7 Å². The molecule has 3 nitrogen and oxygen atoms in total. The predicted octanol–water partition coefficient (Wildman–Crippen LogP) is 2.37. The third-order valence-corrected chi connectivity index (χ3v) is 3.19. The highest BCUT2D eigenvalue weighted by Gasteiger charge is 2.63. The maximum atomic E-state index is 12.8. The lowest BCUT2D eigenvalue weighted by Gasteiger charge is -2.26. The molecule has 1 atom stereocenters. The molecule has 1 aromatic heterocycles. The zero-order chi connectivity index (χ0) is 13.3. The molecule has 0 aliphatic rings. The number of rotatable bonds is 3. The van der Waals surface area contributed by atoms with Crippen LogP contribution in [-0.2, 0) is 15.1 Å². The summed E-state index contributed by atoms with van der Waals surface area (Å²) in [7, 11) is 0. The average molecular weight is 268 g/mol. The summed E-state index contributed by atoms with van der Waals surface area (Å²) in [6.45, 7) is 2.71. The summed E-state index contributed by atoms with van der Waals surface area (Å²) in [5, 5.41) is 9.64. The summed E-state index contributed by atoms with van der Waals surface area (Å²) < 4.78 is 42.8. The summed E-state index contributed by atoms with van der Waals surface area (Å²) in [6.07, 6.45) is -5.11. The molecule has 0 aliphatic heterocycles. The number of carbonyl (C=O) groups is 1. The number of thiophene rings is 1. The molecule has 1 aromatic rings. The van der Waals surface area contributed by atoms with E-state index in [4.69, 9.17) is 0 Å². The number of hydrogen-bond acceptors (Lipinski definition) is 4. The van der Waals surface area contributed by atoms with E-state index in [9.17, 15) is 23.1 Å². The van der Waals surface area contributed by atoms with Crippen LogP contribution in [0.15, 0.2) is 12.1 Å². The Morgan fingerprint density at radius 2 is 2.06 bits per heavy atom. The number of esters is 1. The van der Waals surface area contributed by atoms with Gasteiger partial charge in [0.2, 0.25) is 0 Å². The van der Waals surface area contributed by atoms with E-state index >= 15 is 0 Å². The molecule has 7 heteroatoms. The van der Waals surface area contributed by atoms with Gasteiger partial charge in [0.25, 0.3) is 5.60 Å². The fourth-order valence-electron chi connectivity index (χ4n) is 1.22. The number of carbonyl (C=O) groups excluding carboxylic acids is 1. The number of aryl methyl sites for hydroxylation is 1. The van der Waals surface area contributed by atoms with Crippen molar-refractivity contribution >= 4 is 17.3 Å². The van der Waals surface area contributed by atoms with Gasteiger partial charge in [0.15, 0.2) is 0 Å². The van der Waals surface area contributed by atoms with E-state index in [0.717, 1.165) is 6.07 Å². The van der Waals surface area contributed by atoms with Crippen LogP contribution >= 0.6 is 11.3 Å². The Labute approximate surface area is 99.8 Å². The number of ether oxygens (including phenoxy) is 1. The van der Waals surface area contributed by atoms with Gasteiger partial charge in [-0.25, -0.2) is 4.79 Å². The van der Waals surface area contributed by atoms with E-state index in [1.54, 1.807) is 6.92 Å². The maximum absolute atomic E-state index is 12.8. The van der Waals surface area contributed by atoms with Crippen molar-refractivity contribution in [3.8, 4) is 0 Å². The molecule has 0 fully saturated rings. The van der Waals surface area contributed by atoms with E-state index < -0.39 is 22.6 Å². The van der Waals surface area contributed by atoms with Crippen molar-refractivity contribution in [1.29, 1.82) is 0 Å². The van der Waals surface area contributed by atoms with Crippen molar-refractivity contribution in [1.82, 2.24) is 0 Å². The van der Waals surface area contributed by atoms with Gasteiger partial charge in [-0.3, -0.25) is 0 Å². The molecule has 0 bridgehead atoms. The first-order valence-electron chi connectivity index (χ1n) is 4.76. The second-order valence-corrected chi connectivity index (χ2v) is 4.63. The lowest BCUT2D eigenvalue weighted by molar-refractivity contribution is -0.266. The number of hydrogen-bond donors (Lipinski definition) is 1. The predicted molar refractivity (Wildman–Crippen MR) is 55.6 cm³/mol. The molecule has 1 heterocycles. The van der Waals surface area contributed by atoms with Gasteiger partial charge in [-0.15, -0.1) is 11.3 Å². The van der Waals surface area contributed by atoms with Gasteiger partial charge >= 0.3 is 12.1 Å². The Morgan fingerprint density at radius 1 is 1.47 bits per heavy atom. The Kier molecular flexibility index (Phi) is 3.83. The fourth-order valence-corrected chi connectivity index (χ4v) is 2.19. The Morgan fingerprint density at radius 3 is 2.41 bits per heavy atom. The minimum absolute atomic E-state index is 0.235. The highest BCUT2D eigenvalue weighted by molar-refractivity contribution is 7.12. The van der Waals surface area contributed by atoms with E-state index in [0.29, 0.717) is 16.2 Å². The highest BCUT2D eigenvalue weighted by atomic mass is 32.1. The van der Waals surface area contributed by atoms with Crippen LogP contribution in [0.4, 0.5) is 13.2 Å². The van der Waals surface area contributed by atoms with Crippen LogP contribution in [0.25, 0.3) is 0 Å². The average Bonchev–Trinajstić information content (AvgIpc) is 2.62. The molecule has 1 N–H and O–H groups in total. The molecule has 0 saturated carbocycles. The zero-order valence-electron chi connectivity index (χ0n) is 9.17. The quantitative estimate of drug-likeness (QED) is 0.856. The molecule has 0 amide bonds. The second-order valence-electron chi connectivity index (χ2n) is 3.34. The molecule has 0 spiro atoms. The van der Waals surface area contributed by atoms with Crippen molar-refractivity contribution in [2.75, 3.05) is 6.61 Å². The second kappa shape index (κ2) is 4.66. The monoisotopic (exact) mass is 268 g/mol. The lowest BCUT2D eigenvalue weighted by Crippen LogP contribution is -2.49. The SMILES string of the molecule is CCOC(=O)[C@@](O)(c1ccc(C)s1)C(F)(F)F. The summed E-state index contributed by atoms with van der Waals surface area (Å²) >= 11 is 0.705. The first-order valence-corrected chi connectivity index (χ1v) is 5.58. The van der Waals surface area contributed by atoms with Gasteiger partial charge in [-0.05, 0) is 26.0 Å². The molecule has 0 saturated heterocycles. The maximum Gasteiger partial charge on any atom is 0.433 e. The molecule has 1 rings (SSSR count). The van der Waals surface area contributed by atoms with E-state index in [1.165, 1.54) is 13.0 Å². The van der Waals surface area contributed by atoms with Gasteiger partial charge in [0, 0.05) is 4.88 Å². The molecule has 0 radical (unpaired) electrons. The summed E-state index contributed by atoms with van der Waals surface area (Å²) in [4.78, 5) is 11.4. The van der Waals surface area contributed by atoms with Crippen LogP contribution in [0.5, 0.6) is 0 Å². The smallest absolute Gasteiger partial charge is 0.433 e. The number of halogens is 3. The first kappa shape index (κ1) is 14.0. The molecular formula is C10H11F3O3S. The first-order chi connectivity index (χ1) is 7.73. The highest BCUT2D eigenvalue weighted by Crippen LogP contribution is 2.42. The third-order valence-electron chi connectivity index (χ3n) is 2.08. The van der Waals surface area contributed by atoms with Gasteiger partial charge < -0.3 is 9.84 Å². The molecule has 96 valence electrons. The minimum atomic E-state index is -5.11. The lowest BCUT2D eigenvalue weighted by atomic mass is 10.0. The minimum Gasteiger partial charge on any atom is -0.463 e. The van der Waals surface area contributed by atoms with E-state index in [1.807, 2.05) is 0 Å². The fraction of sp³-hybridized carbons (Fsp3) is 0.500. The van der Waals surface area contributed by atoms with Gasteiger partial charge in [-0.1, -0.05) is 0 Å². The zero-order valence-corrected chi connectivity index (χ0v) is 9.98. The summed E-state index contributed by atoms with van der Waals surface area (Å²) in [5.74, 6) is -1.70. The van der Waals surface area contributed by atoms with Crippen molar-refractivity contribution in [3.05, 3.63) is 21.9 Å². The van der Waals surface area contributed by atoms with E-state index in [-0.39, 0.29) is 6.61 Å². The van der Waals surface area contributed by atoms with Gasteiger partial charge in [0.1, 0.15) is 0 Å². The van der Waals surface area contributed by atoms with Gasteiger partial charge in [-0.2, -0.15) is 13.2 Å². The molecule has 0 aromatic carbocycles. The van der Waals surface area contributed by atoms with Crippen LogP contribution in [-0.4, -0.2) is 23.9 Å². The molecular weight excluding hydrogens is 257 g/mol. The largest absolute Gasteiger partial charge is 0.463 e. The standard InChI is InChI=1S/C10H11F3O3S/c1-3-16-8(14)9(15,10(11,12)13)7-5-4-6(2)17-7/h4-5,15H,3H2,1-2H3/t9-/m0/s1. The van der Waals surface area contributed by atoms with Gasteiger partial charge in [0.05, 0.1) is 11.5 Å². The molecule has 0 aliphatic carbocycles. The normalized spacial score (nSPS) is 15.4.